The van der Waals surface area contributed by atoms with Gasteiger partial charge < -0.3 is 5.32 Å². The van der Waals surface area contributed by atoms with Gasteiger partial charge in [-0.3, -0.25) is 13.8 Å². The van der Waals surface area contributed by atoms with Crippen LogP contribution in [0, 0.1) is 0 Å². The van der Waals surface area contributed by atoms with Crippen LogP contribution in [0.1, 0.15) is 15.9 Å². The molecule has 10 heteroatoms. The Bertz CT molecular complexity index is 1320. The average molecular weight is 474 g/mol. The number of hydrogen-bond donors (Lipinski definition) is 2. The van der Waals surface area contributed by atoms with Gasteiger partial charge in [0.15, 0.2) is 0 Å². The Labute approximate surface area is 188 Å². The molecular formula is C22H23N3O5S2. The van der Waals surface area contributed by atoms with Gasteiger partial charge in [-0.1, -0.05) is 42.5 Å². The van der Waals surface area contributed by atoms with E-state index in [2.05, 4.69) is 10.0 Å². The molecule has 0 fully saturated rings. The zero-order valence-electron chi connectivity index (χ0n) is 17.5. The van der Waals surface area contributed by atoms with Crippen molar-refractivity contribution in [3.63, 3.8) is 0 Å². The Kier molecular flexibility index (Phi) is 6.85. The summed E-state index contributed by atoms with van der Waals surface area (Å²) in [5.74, 6) is -0.487. The lowest BCUT2D eigenvalue weighted by molar-refractivity contribution is 0.0951. The number of nitrogens with one attached hydrogen (secondary N) is 2. The highest BCUT2D eigenvalue weighted by Gasteiger charge is 2.22. The summed E-state index contributed by atoms with van der Waals surface area (Å²) < 4.78 is 52.6. The van der Waals surface area contributed by atoms with Crippen LogP contribution in [0.15, 0.2) is 83.8 Å². The third-order valence-corrected chi connectivity index (χ3v) is 7.00. The third kappa shape index (κ3) is 5.65. The number of rotatable bonds is 8. The molecule has 0 saturated carbocycles. The van der Waals surface area contributed by atoms with E-state index in [1.165, 1.54) is 31.3 Å². The van der Waals surface area contributed by atoms with Crippen LogP contribution >= 0.6 is 0 Å². The summed E-state index contributed by atoms with van der Waals surface area (Å²) >= 11 is 0. The molecule has 32 heavy (non-hydrogen) atoms. The van der Waals surface area contributed by atoms with E-state index in [9.17, 15) is 21.6 Å². The van der Waals surface area contributed by atoms with Crippen LogP contribution in [0.25, 0.3) is 0 Å². The summed E-state index contributed by atoms with van der Waals surface area (Å²) in [6.45, 7) is 0.0540. The fourth-order valence-electron chi connectivity index (χ4n) is 2.98. The molecular weight excluding hydrogens is 450 g/mol. The second-order valence-electron chi connectivity index (χ2n) is 7.05. The molecule has 0 aliphatic carbocycles. The highest BCUT2D eigenvalue weighted by atomic mass is 32.2. The summed E-state index contributed by atoms with van der Waals surface area (Å²) in [5, 5.41) is 2.70. The highest BCUT2D eigenvalue weighted by Crippen LogP contribution is 2.22. The average Bonchev–Trinajstić information content (AvgIpc) is 2.77. The van der Waals surface area contributed by atoms with Crippen LogP contribution in [0.2, 0.25) is 0 Å². The Balaban J connectivity index is 1.78. The maximum Gasteiger partial charge on any atom is 0.264 e. The van der Waals surface area contributed by atoms with Gasteiger partial charge in [0, 0.05) is 19.2 Å². The molecule has 0 aliphatic heterocycles. The lowest BCUT2D eigenvalue weighted by Gasteiger charge is -2.19. The Morgan fingerprint density at radius 2 is 1.53 bits per heavy atom. The van der Waals surface area contributed by atoms with Gasteiger partial charge in [0.2, 0.25) is 10.0 Å². The molecule has 3 aromatic carbocycles. The first-order chi connectivity index (χ1) is 15.1. The molecule has 0 spiro atoms. The predicted octanol–water partition coefficient (Wildman–Crippen LogP) is 2.81. The summed E-state index contributed by atoms with van der Waals surface area (Å²) in [5.41, 5.74) is 1.59. The third-order valence-electron chi connectivity index (χ3n) is 4.63. The van der Waals surface area contributed by atoms with Crippen molar-refractivity contribution in [3.8, 4) is 0 Å². The maximum atomic E-state index is 13.0. The second-order valence-corrected chi connectivity index (χ2v) is 10.8. The Morgan fingerprint density at radius 1 is 0.875 bits per heavy atom. The van der Waals surface area contributed by atoms with E-state index in [1.54, 1.807) is 54.6 Å². The van der Waals surface area contributed by atoms with E-state index in [0.717, 1.165) is 10.6 Å². The van der Waals surface area contributed by atoms with E-state index in [0.29, 0.717) is 16.9 Å². The van der Waals surface area contributed by atoms with Crippen molar-refractivity contribution in [1.29, 1.82) is 0 Å². The van der Waals surface area contributed by atoms with Crippen molar-refractivity contribution in [1.82, 2.24) is 5.32 Å². The van der Waals surface area contributed by atoms with Crippen molar-refractivity contribution in [3.05, 3.63) is 90.0 Å². The zero-order chi connectivity index (χ0) is 23.4. The lowest BCUT2D eigenvalue weighted by atomic mass is 10.1. The molecule has 0 saturated heterocycles. The molecule has 0 aliphatic rings. The van der Waals surface area contributed by atoms with Gasteiger partial charge in [-0.15, -0.1) is 0 Å². The van der Waals surface area contributed by atoms with Crippen molar-refractivity contribution >= 4 is 37.3 Å². The number of carbonyl (C=O) groups is 1. The molecule has 168 valence electrons. The monoisotopic (exact) mass is 473 g/mol. The van der Waals surface area contributed by atoms with Gasteiger partial charge >= 0.3 is 0 Å². The number of hydrogen-bond acceptors (Lipinski definition) is 5. The van der Waals surface area contributed by atoms with Gasteiger partial charge in [-0.2, -0.15) is 0 Å². The first-order valence-electron chi connectivity index (χ1n) is 9.56. The number of anilines is 2. The van der Waals surface area contributed by atoms with E-state index in [4.69, 9.17) is 0 Å². The van der Waals surface area contributed by atoms with Crippen molar-refractivity contribution in [2.45, 2.75) is 11.4 Å². The zero-order valence-corrected chi connectivity index (χ0v) is 19.2. The number of amides is 1. The van der Waals surface area contributed by atoms with Crippen molar-refractivity contribution in [2.75, 3.05) is 22.3 Å². The SMILES string of the molecule is CN(c1ccccc1)S(=O)(=O)c1cccc(C(=O)NCc2ccccc2NS(C)(=O)=O)c1. The van der Waals surface area contributed by atoms with Crippen LogP contribution in [-0.4, -0.2) is 36.0 Å². The van der Waals surface area contributed by atoms with E-state index >= 15 is 0 Å². The van der Waals surface area contributed by atoms with Crippen molar-refractivity contribution in [2.24, 2.45) is 0 Å². The number of sulfonamides is 2. The number of benzene rings is 3. The van der Waals surface area contributed by atoms with Gasteiger partial charge in [0.05, 0.1) is 22.5 Å². The Morgan fingerprint density at radius 3 is 2.22 bits per heavy atom. The van der Waals surface area contributed by atoms with Crippen LogP contribution < -0.4 is 14.3 Å². The minimum Gasteiger partial charge on any atom is -0.348 e. The van der Waals surface area contributed by atoms with Gasteiger partial charge in [0.25, 0.3) is 15.9 Å². The minimum atomic E-state index is -3.87. The summed E-state index contributed by atoms with van der Waals surface area (Å²) in [7, 11) is -5.90. The first-order valence-corrected chi connectivity index (χ1v) is 12.9. The molecule has 0 heterocycles. The largest absolute Gasteiger partial charge is 0.348 e. The summed E-state index contributed by atoms with van der Waals surface area (Å²) in [6.07, 6.45) is 1.04. The van der Waals surface area contributed by atoms with Crippen LogP contribution in [0.5, 0.6) is 0 Å². The summed E-state index contributed by atoms with van der Waals surface area (Å²) in [4.78, 5) is 12.7. The topological polar surface area (TPSA) is 113 Å². The maximum absolute atomic E-state index is 13.0. The highest BCUT2D eigenvalue weighted by molar-refractivity contribution is 7.92. The molecule has 0 unspecified atom stereocenters. The molecule has 0 bridgehead atoms. The van der Waals surface area contributed by atoms with Gasteiger partial charge in [0.1, 0.15) is 0 Å². The molecule has 2 N–H and O–H groups in total. The van der Waals surface area contributed by atoms with E-state index in [1.807, 2.05) is 0 Å². The normalized spacial score (nSPS) is 11.6. The predicted molar refractivity (Wildman–Crippen MR) is 125 cm³/mol. The Hall–Kier alpha value is -3.37. The number of para-hydroxylation sites is 2. The lowest BCUT2D eigenvalue weighted by Crippen LogP contribution is -2.27. The minimum absolute atomic E-state index is 0.0179. The number of nitrogens with zero attached hydrogens (tertiary/aromatic N) is 1. The molecule has 8 nitrogen and oxygen atoms in total. The standard InChI is InChI=1S/C22H23N3O5S2/c1-25(19-11-4-3-5-12-19)32(29,30)20-13-8-10-17(15-20)22(26)23-16-18-9-6-7-14-21(18)24-31(2,27)28/h3-15,24H,16H2,1-2H3,(H,23,26). The van der Waals surface area contributed by atoms with Crippen LogP contribution in [0.4, 0.5) is 11.4 Å². The molecule has 0 atom stereocenters. The van der Waals surface area contributed by atoms with Crippen LogP contribution in [0.3, 0.4) is 0 Å². The molecule has 0 radical (unpaired) electrons. The van der Waals surface area contributed by atoms with E-state index in [-0.39, 0.29) is 17.0 Å². The quantitative estimate of drug-likeness (QED) is 0.522. The summed E-state index contributed by atoms with van der Waals surface area (Å²) in [6, 6.07) is 21.0. The molecule has 1 amide bonds. The van der Waals surface area contributed by atoms with Gasteiger partial charge in [-0.05, 0) is 42.0 Å². The van der Waals surface area contributed by atoms with Crippen molar-refractivity contribution < 1.29 is 21.6 Å². The molecule has 3 aromatic rings. The van der Waals surface area contributed by atoms with Gasteiger partial charge in [-0.25, -0.2) is 16.8 Å². The number of carbonyl (C=O) groups excluding carboxylic acids is 1. The first kappa shape index (κ1) is 23.3. The van der Waals surface area contributed by atoms with E-state index < -0.39 is 26.0 Å². The fraction of sp³-hybridized carbons (Fsp3) is 0.136. The molecule has 3 rings (SSSR count). The second kappa shape index (κ2) is 9.41. The molecule has 0 aromatic heterocycles. The smallest absolute Gasteiger partial charge is 0.264 e. The fourth-order valence-corrected chi connectivity index (χ4v) is 4.82. The van der Waals surface area contributed by atoms with Crippen LogP contribution in [-0.2, 0) is 26.6 Å².